The minimum atomic E-state index is -4.71. The fraction of sp³-hybridized carbons (Fsp3) is 0.400. The fourth-order valence-corrected chi connectivity index (χ4v) is 12.2. The molecule has 2 unspecified atom stereocenters. The first kappa shape index (κ1) is 87.8. The Morgan fingerprint density at radius 2 is 0.852 bits per heavy atom. The number of alkyl halides is 10. The second kappa shape index (κ2) is 36.9. The minimum Gasteiger partial charge on any atom is -1.00 e. The standard InChI is InChI=1S/C23H23F4N5O3.C23H25F4N5O2.C19H17F4N5O.C4H7BrO2.CH3.ClH.Mg/c1-3-35-21(33)12-18(31-14(2)11-20(29-31)23(25,26)27)22(34)30-10-4-5-17-19(30)13-28-32(17)16-8-6-15(24)7-9-16;1-14-11-20(23(25,26)27)29-31(14)18(12-22(2,3)34)21(33)30-10-4-5-17-19(30)13-28-32(17)16-8-6-15(24)7-9-16;1-12-9-17(19(21,22)23)25-27(12)11-18(29)26-8-2-3-15-16(26)10-24-28(15)14-6-4-13(20)5-7-14;1-2-7-4(6)3-5;;;/h6-9,11,13,18H,3-5,10,12H2,1-2H3;6-9,11,13,18,34H,4-5,10,12H2,1-3H3;4-7,9-10H,2-3,8,11H2,1H3;2-3H2,1H3;1H3;1H;/q;;;;-1;;+2/p-1. The van der Waals surface area contributed by atoms with Gasteiger partial charge in [0.2, 0.25) is 5.91 Å². The Bertz CT molecular complexity index is 4550. The van der Waals surface area contributed by atoms with Gasteiger partial charge in [0.05, 0.1) is 95.0 Å². The summed E-state index contributed by atoms with van der Waals surface area (Å²) in [5.74, 6) is -3.54. The third-order valence-electron chi connectivity index (χ3n) is 16.8. The molecule has 0 bridgehead atoms. The number of carbonyl (C=O) groups is 5. The van der Waals surface area contributed by atoms with Crippen LogP contribution in [0.3, 0.4) is 0 Å². The number of carbonyl (C=O) groups excluding carboxylic acids is 5. The van der Waals surface area contributed by atoms with Crippen molar-refractivity contribution in [1.29, 1.82) is 0 Å². The van der Waals surface area contributed by atoms with E-state index in [0.717, 1.165) is 43.6 Å². The van der Waals surface area contributed by atoms with Crippen LogP contribution in [0.25, 0.3) is 17.1 Å². The van der Waals surface area contributed by atoms with Gasteiger partial charge in [-0.3, -0.25) is 38.0 Å². The monoisotopic (exact) mass is 1620 g/mol. The largest absolute Gasteiger partial charge is 2.00 e. The maximum atomic E-state index is 13.7. The van der Waals surface area contributed by atoms with Gasteiger partial charge in [-0.2, -0.15) is 70.1 Å². The molecule has 1 N–H and O–H groups in total. The maximum Gasteiger partial charge on any atom is 2.00 e. The Morgan fingerprint density at radius 3 is 1.19 bits per heavy atom. The Hall–Kier alpha value is -9.07. The van der Waals surface area contributed by atoms with Crippen LogP contribution in [0.15, 0.2) is 110 Å². The molecule has 0 radical (unpaired) electrons. The van der Waals surface area contributed by atoms with E-state index in [9.17, 15) is 81.8 Å². The van der Waals surface area contributed by atoms with Crippen LogP contribution in [-0.2, 0) is 77.8 Å². The predicted octanol–water partition coefficient (Wildman–Crippen LogP) is 9.76. The Morgan fingerprint density at radius 1 is 0.519 bits per heavy atom. The molecule has 108 heavy (non-hydrogen) atoms. The summed E-state index contributed by atoms with van der Waals surface area (Å²) in [4.78, 5) is 67.1. The third-order valence-corrected chi connectivity index (χ3v) is 17.2. The van der Waals surface area contributed by atoms with Crippen molar-refractivity contribution in [2.24, 2.45) is 0 Å². The molecular weight excluding hydrogens is 1550 g/mol. The molecule has 0 saturated carbocycles. The van der Waals surface area contributed by atoms with Gasteiger partial charge >= 0.3 is 53.5 Å². The number of esters is 2. The van der Waals surface area contributed by atoms with Gasteiger partial charge in [-0.05, 0) is 178 Å². The summed E-state index contributed by atoms with van der Waals surface area (Å²) in [7, 11) is 0. The van der Waals surface area contributed by atoms with Gasteiger partial charge in [0.1, 0.15) is 41.4 Å². The molecule has 6 aromatic heterocycles. The summed E-state index contributed by atoms with van der Waals surface area (Å²) in [6, 6.07) is 17.5. The van der Waals surface area contributed by atoms with Crippen molar-refractivity contribution in [3.63, 3.8) is 0 Å². The zero-order valence-corrected chi connectivity index (χ0v) is 63.4. The molecule has 9 heterocycles. The molecule has 3 aromatic carbocycles. The van der Waals surface area contributed by atoms with E-state index >= 15 is 0 Å². The van der Waals surface area contributed by atoms with Gasteiger partial charge in [0, 0.05) is 43.1 Å². The number of hydrogen-bond donors (Lipinski definition) is 1. The molecule has 0 aliphatic carbocycles. The van der Waals surface area contributed by atoms with Crippen LogP contribution in [-0.4, -0.2) is 160 Å². The van der Waals surface area contributed by atoms with E-state index in [0.29, 0.717) is 103 Å². The fourth-order valence-electron chi connectivity index (χ4n) is 12.1. The Labute approximate surface area is 642 Å². The van der Waals surface area contributed by atoms with Crippen molar-refractivity contribution in [2.75, 3.05) is 52.9 Å². The molecule has 3 aliphatic heterocycles. The average Bonchev–Trinajstić information content (AvgIpc) is 1.55. The van der Waals surface area contributed by atoms with Crippen LogP contribution < -0.4 is 27.1 Å². The van der Waals surface area contributed by atoms with Crippen LogP contribution in [0, 0.1) is 45.6 Å². The molecule has 0 fully saturated rings. The number of anilines is 3. The topological polar surface area (TPSA) is 241 Å². The summed E-state index contributed by atoms with van der Waals surface area (Å²) in [6.45, 7) is 12.0. The van der Waals surface area contributed by atoms with E-state index in [2.05, 4.69) is 51.3 Å². The van der Waals surface area contributed by atoms with Crippen molar-refractivity contribution >= 4 is 85.7 Å². The number of halogens is 14. The summed E-state index contributed by atoms with van der Waals surface area (Å²) < 4.78 is 175. The third kappa shape index (κ3) is 21.2. The number of benzene rings is 3. The zero-order valence-electron chi connectivity index (χ0n) is 59.7. The van der Waals surface area contributed by atoms with Gasteiger partial charge in [-0.15, -0.1) is 0 Å². The Kier molecular flexibility index (Phi) is 30.0. The first-order valence-corrected chi connectivity index (χ1v) is 34.0. The minimum absolute atomic E-state index is 0. The molecule has 0 spiro atoms. The quantitative estimate of drug-likeness (QED) is 0.0311. The van der Waals surface area contributed by atoms with Crippen LogP contribution >= 0.6 is 15.9 Å². The average molecular weight is 1620 g/mol. The molecule has 23 nitrogen and oxygen atoms in total. The van der Waals surface area contributed by atoms with Crippen molar-refractivity contribution in [3.05, 3.63) is 186 Å². The Balaban J connectivity index is 0.000000240. The van der Waals surface area contributed by atoms with E-state index in [4.69, 9.17) is 4.74 Å². The molecule has 0 saturated heterocycles. The molecule has 38 heteroatoms. The second-order valence-electron chi connectivity index (χ2n) is 25.0. The van der Waals surface area contributed by atoms with Crippen molar-refractivity contribution in [1.82, 2.24) is 58.7 Å². The number of ether oxygens (including phenoxy) is 2. The van der Waals surface area contributed by atoms with Gasteiger partial charge in [-0.25, -0.2) is 27.2 Å². The smallest absolute Gasteiger partial charge is 1.00 e. The number of amides is 3. The number of hydrogen-bond acceptors (Lipinski definition) is 14. The summed E-state index contributed by atoms with van der Waals surface area (Å²) in [5, 5.41) is 34.6. The van der Waals surface area contributed by atoms with Crippen molar-refractivity contribution < 1.29 is 104 Å². The van der Waals surface area contributed by atoms with E-state index in [1.165, 1.54) is 98.1 Å². The van der Waals surface area contributed by atoms with Crippen LogP contribution in [0.1, 0.15) is 123 Å². The number of aliphatic hydroxyl groups is 1. The van der Waals surface area contributed by atoms with Gasteiger partial charge in [0.15, 0.2) is 17.1 Å². The van der Waals surface area contributed by atoms with Crippen molar-refractivity contribution in [2.45, 2.75) is 143 Å². The molecule has 578 valence electrons. The molecular formula is C70H75BrClF12MgN15O8. The number of rotatable bonds is 16. The summed E-state index contributed by atoms with van der Waals surface area (Å²) in [6.07, 6.45) is -6.28. The van der Waals surface area contributed by atoms with Gasteiger partial charge in [-0.1, -0.05) is 15.9 Å². The number of aromatic nitrogens is 12. The van der Waals surface area contributed by atoms with Crippen molar-refractivity contribution in [3.8, 4) is 17.1 Å². The van der Waals surface area contributed by atoms with E-state index < -0.39 is 83.3 Å². The normalized spacial score (nSPS) is 13.9. The molecule has 12 rings (SSSR count). The van der Waals surface area contributed by atoms with E-state index in [1.807, 2.05) is 0 Å². The molecule has 9 aromatic rings. The first-order valence-electron chi connectivity index (χ1n) is 32.9. The first-order chi connectivity index (χ1) is 49.5. The van der Waals surface area contributed by atoms with Crippen LogP contribution in [0.5, 0.6) is 0 Å². The van der Waals surface area contributed by atoms with Crippen LogP contribution in [0.2, 0.25) is 0 Å². The molecule has 2 atom stereocenters. The molecule has 3 aliphatic rings. The van der Waals surface area contributed by atoms with E-state index in [-0.39, 0.29) is 110 Å². The molecule has 3 amide bonds. The predicted molar refractivity (Wildman–Crippen MR) is 371 cm³/mol. The number of aryl methyl sites for hydroxylation is 3. The van der Waals surface area contributed by atoms with Gasteiger partial charge in [0.25, 0.3) is 11.8 Å². The van der Waals surface area contributed by atoms with Crippen LogP contribution in [0.4, 0.5) is 69.7 Å². The second-order valence-corrected chi connectivity index (χ2v) is 25.5. The maximum absolute atomic E-state index is 13.7. The van der Waals surface area contributed by atoms with Gasteiger partial charge < -0.3 is 49.1 Å². The summed E-state index contributed by atoms with van der Waals surface area (Å²) in [5.41, 5.74) is 1.62. The number of fused-ring (bicyclic) bond motifs is 3. The SMILES string of the molecule is CCOC(=O)CBr.CCOC(=O)CC(C(=O)N1CCCc2c1cnn2-c1ccc(F)cc1)n1nc(C(F)(F)F)cc1C.Cc1cc(C(F)(F)F)nn1C(CC(C)(C)O)C(=O)N1CCCc2c1cnn2-c1ccc(F)cc1.Cc1cc(C(F)(F)F)nn1CC(=O)N1CCCc2c1cnn2-c1ccc(F)cc1.[CH3-].[Cl-].[Mg+2]. The number of nitrogens with zero attached hydrogens (tertiary/aromatic N) is 15. The zero-order chi connectivity index (χ0) is 76.6. The summed E-state index contributed by atoms with van der Waals surface area (Å²) >= 11 is 2.94. The van der Waals surface area contributed by atoms with E-state index in [1.54, 1.807) is 70.5 Å².